The Kier molecular flexibility index (Phi) is 7.35. The summed E-state index contributed by atoms with van der Waals surface area (Å²) in [4.78, 5) is 29.6. The molecule has 0 saturated carbocycles. The summed E-state index contributed by atoms with van der Waals surface area (Å²) in [5, 5.41) is 11.3. The minimum Gasteiger partial charge on any atom is -0.478 e. The molecule has 0 spiro atoms. The van der Waals surface area contributed by atoms with Crippen molar-refractivity contribution in [3.05, 3.63) is 106 Å². The number of carboxylic acids is 1. The Morgan fingerprint density at radius 3 is 2.36 bits per heavy atom. The second kappa shape index (κ2) is 11.6. The van der Waals surface area contributed by atoms with Crippen LogP contribution in [0.5, 0.6) is 5.75 Å². The van der Waals surface area contributed by atoms with Crippen LogP contribution in [-0.2, 0) is 11.3 Å². The number of anilines is 1. The van der Waals surface area contributed by atoms with Gasteiger partial charge in [-0.25, -0.2) is 9.18 Å². The number of carbonyl (C=O) groups is 2. The van der Waals surface area contributed by atoms with Crippen LogP contribution in [0.2, 0.25) is 10.0 Å². The fraction of sp³-hybridized carbons (Fsp3) is 0.222. The molecule has 4 aromatic carbocycles. The number of hydrogen-bond acceptors (Lipinski definition) is 6. The van der Waals surface area contributed by atoms with Crippen molar-refractivity contribution < 1.29 is 33.0 Å². The molecule has 2 bridgehead atoms. The molecule has 2 fully saturated rings. The van der Waals surface area contributed by atoms with Gasteiger partial charge in [0, 0.05) is 27.6 Å². The molecule has 47 heavy (non-hydrogen) atoms. The molecule has 238 valence electrons. The first-order valence-corrected chi connectivity index (χ1v) is 16.0. The van der Waals surface area contributed by atoms with Crippen molar-refractivity contribution in [2.45, 2.75) is 31.5 Å². The lowest BCUT2D eigenvalue weighted by Gasteiger charge is -2.37. The maximum Gasteiger partial charge on any atom is 0.337 e. The van der Waals surface area contributed by atoms with Gasteiger partial charge in [0.05, 0.1) is 65.0 Å². The Bertz CT molecular complexity index is 2060. The van der Waals surface area contributed by atoms with Crippen LogP contribution in [0.1, 0.15) is 39.1 Å². The first-order valence-electron chi connectivity index (χ1n) is 15.2. The topological polar surface area (TPSA) is 92.5 Å². The normalized spacial score (nSPS) is 18.7. The molecule has 2 unspecified atom stereocenters. The summed E-state index contributed by atoms with van der Waals surface area (Å²) in [5.41, 5.74) is 4.07. The molecular formula is C36H27Cl2FN2O6. The molecule has 2 saturated heterocycles. The van der Waals surface area contributed by atoms with Gasteiger partial charge in [-0.05, 0) is 48.7 Å². The number of halogens is 3. The van der Waals surface area contributed by atoms with Gasteiger partial charge >= 0.3 is 5.97 Å². The SMILES string of the molecule is O=C(O)c1cc(F)c(-c2cccc3c2OCN(C(=O)c2c(Cl)cc(-c4cccc5ccoc45)cc2Cl)C3)cc1N1C2CCC1COC2. The van der Waals surface area contributed by atoms with Gasteiger partial charge in [0.25, 0.3) is 5.91 Å². The van der Waals surface area contributed by atoms with Crippen LogP contribution in [0.4, 0.5) is 10.1 Å². The zero-order valence-electron chi connectivity index (χ0n) is 24.8. The first kappa shape index (κ1) is 29.8. The van der Waals surface area contributed by atoms with Gasteiger partial charge in [0.2, 0.25) is 0 Å². The number of carbonyl (C=O) groups excluding carboxylic acids is 1. The van der Waals surface area contributed by atoms with Crippen LogP contribution in [0, 0.1) is 5.82 Å². The van der Waals surface area contributed by atoms with Crippen LogP contribution in [0.15, 0.2) is 77.4 Å². The molecule has 3 aliphatic rings. The molecule has 5 aromatic rings. The van der Waals surface area contributed by atoms with Crippen LogP contribution in [0.25, 0.3) is 33.2 Å². The van der Waals surface area contributed by atoms with Crippen molar-refractivity contribution in [3.8, 4) is 28.0 Å². The highest BCUT2D eigenvalue weighted by Gasteiger charge is 2.40. The summed E-state index contributed by atoms with van der Waals surface area (Å²) in [6.45, 7) is 1.02. The third-order valence-electron chi connectivity index (χ3n) is 9.28. The molecule has 1 aromatic heterocycles. The predicted octanol–water partition coefficient (Wildman–Crippen LogP) is 8.27. The number of fused-ring (bicyclic) bond motifs is 4. The van der Waals surface area contributed by atoms with Gasteiger partial charge in [-0.15, -0.1) is 0 Å². The number of rotatable bonds is 5. The van der Waals surface area contributed by atoms with Crippen molar-refractivity contribution in [1.29, 1.82) is 0 Å². The Labute approximate surface area is 278 Å². The lowest BCUT2D eigenvalue weighted by atomic mass is 9.96. The zero-order valence-corrected chi connectivity index (χ0v) is 26.4. The van der Waals surface area contributed by atoms with E-state index >= 15 is 4.39 Å². The van der Waals surface area contributed by atoms with E-state index in [1.807, 2.05) is 24.3 Å². The Morgan fingerprint density at radius 2 is 1.62 bits per heavy atom. The Morgan fingerprint density at radius 1 is 0.894 bits per heavy atom. The molecule has 2 atom stereocenters. The first-order chi connectivity index (χ1) is 22.8. The average Bonchev–Trinajstić information content (AvgIpc) is 3.64. The molecule has 8 rings (SSSR count). The minimum absolute atomic E-state index is 0.0252. The van der Waals surface area contributed by atoms with Crippen LogP contribution < -0.4 is 9.64 Å². The number of hydrogen-bond donors (Lipinski definition) is 1. The number of amides is 1. The number of nitrogens with zero attached hydrogens (tertiary/aromatic N) is 2. The molecule has 1 amide bonds. The summed E-state index contributed by atoms with van der Waals surface area (Å²) in [6, 6.07) is 19.0. The number of benzene rings is 4. The lowest BCUT2D eigenvalue weighted by Crippen LogP contribution is -2.46. The molecule has 3 aliphatic heterocycles. The standard InChI is InChI=1S/C36H27Cl2FN2O6/c37-28-11-21(24-5-1-3-19-9-10-46-33(19)24)12-29(38)32(28)35(42)40-15-20-4-2-6-25(34(20)47-18-40)26-14-31(27(36(43)44)13-30(26)39)41-22-7-8-23(41)17-45-16-22/h1-6,9-14,22-23H,7-8,15-18H2,(H,43,44). The number of morpholine rings is 1. The predicted molar refractivity (Wildman–Crippen MR) is 176 cm³/mol. The largest absolute Gasteiger partial charge is 0.478 e. The second-order valence-electron chi connectivity index (χ2n) is 12.0. The van der Waals surface area contributed by atoms with Crippen molar-refractivity contribution in [3.63, 3.8) is 0 Å². The summed E-state index contributed by atoms with van der Waals surface area (Å²) < 4.78 is 33.2. The lowest BCUT2D eigenvalue weighted by molar-refractivity contribution is 0.0516. The monoisotopic (exact) mass is 672 g/mol. The van der Waals surface area contributed by atoms with Gasteiger partial charge in [-0.1, -0.05) is 59.6 Å². The maximum atomic E-state index is 15.7. The molecule has 11 heteroatoms. The average molecular weight is 674 g/mol. The molecule has 1 N–H and O–H groups in total. The molecule has 0 aliphatic carbocycles. The highest BCUT2D eigenvalue weighted by atomic mass is 35.5. The van der Waals surface area contributed by atoms with Crippen molar-refractivity contribution in [2.24, 2.45) is 0 Å². The molecular weight excluding hydrogens is 646 g/mol. The number of para-hydroxylation sites is 2. The van der Waals surface area contributed by atoms with E-state index in [4.69, 9.17) is 37.1 Å². The fourth-order valence-electron chi connectivity index (χ4n) is 7.10. The van der Waals surface area contributed by atoms with Crippen molar-refractivity contribution >= 4 is 51.7 Å². The highest BCUT2D eigenvalue weighted by molar-refractivity contribution is 6.40. The zero-order chi connectivity index (χ0) is 32.4. The van der Waals surface area contributed by atoms with Crippen molar-refractivity contribution in [2.75, 3.05) is 24.8 Å². The highest BCUT2D eigenvalue weighted by Crippen LogP contribution is 2.44. The molecule has 8 nitrogen and oxygen atoms in total. The van der Waals surface area contributed by atoms with E-state index < -0.39 is 17.7 Å². The Hall–Kier alpha value is -4.57. The molecule has 4 heterocycles. The summed E-state index contributed by atoms with van der Waals surface area (Å²) >= 11 is 13.4. The number of ether oxygens (including phenoxy) is 2. The van der Waals surface area contributed by atoms with Gasteiger partial charge in [-0.2, -0.15) is 0 Å². The molecule has 0 radical (unpaired) electrons. The summed E-state index contributed by atoms with van der Waals surface area (Å²) in [7, 11) is 0. The third kappa shape index (κ3) is 5.01. The van der Waals surface area contributed by atoms with E-state index in [9.17, 15) is 14.7 Å². The smallest absolute Gasteiger partial charge is 0.337 e. The van der Waals surface area contributed by atoms with Gasteiger partial charge < -0.3 is 28.8 Å². The number of carboxylic acid groups (broad SMARTS) is 1. The number of furan rings is 1. The maximum absolute atomic E-state index is 15.7. The van der Waals surface area contributed by atoms with E-state index in [1.165, 1.54) is 4.90 Å². The third-order valence-corrected chi connectivity index (χ3v) is 9.88. The van der Waals surface area contributed by atoms with Gasteiger partial charge in [0.1, 0.15) is 17.1 Å². The minimum atomic E-state index is -1.19. The van der Waals surface area contributed by atoms with E-state index in [0.29, 0.717) is 46.9 Å². The van der Waals surface area contributed by atoms with Gasteiger partial charge in [-0.3, -0.25) is 4.79 Å². The van der Waals surface area contributed by atoms with E-state index in [-0.39, 0.29) is 52.1 Å². The van der Waals surface area contributed by atoms with E-state index in [2.05, 4.69) is 4.90 Å². The van der Waals surface area contributed by atoms with Crippen LogP contribution >= 0.6 is 23.2 Å². The van der Waals surface area contributed by atoms with E-state index in [1.54, 1.807) is 42.7 Å². The van der Waals surface area contributed by atoms with Crippen molar-refractivity contribution in [1.82, 2.24) is 4.90 Å². The van der Waals surface area contributed by atoms with Gasteiger partial charge in [0.15, 0.2) is 6.73 Å². The Balaban J connectivity index is 1.11. The quantitative estimate of drug-likeness (QED) is 0.201. The van der Waals surface area contributed by atoms with Crippen LogP contribution in [0.3, 0.4) is 0 Å². The number of aromatic carboxylic acids is 1. The van der Waals surface area contributed by atoms with Crippen LogP contribution in [-0.4, -0.2) is 53.9 Å². The van der Waals surface area contributed by atoms with E-state index in [0.717, 1.165) is 29.9 Å². The fourth-order valence-corrected chi connectivity index (χ4v) is 7.75. The summed E-state index contributed by atoms with van der Waals surface area (Å²) in [5.74, 6) is -1.86. The summed E-state index contributed by atoms with van der Waals surface area (Å²) in [6.07, 6.45) is 3.36. The second-order valence-corrected chi connectivity index (χ2v) is 12.8.